The van der Waals surface area contributed by atoms with E-state index in [0.29, 0.717) is 13.0 Å². The van der Waals surface area contributed by atoms with Crippen LogP contribution in [0.15, 0.2) is 24.3 Å². The van der Waals surface area contributed by atoms with Crippen LogP contribution in [-0.2, 0) is 6.42 Å². The number of carbonyl (C=O) groups excluding carboxylic acids is 1. The molecule has 0 heterocycles. The molecule has 3 N–H and O–H groups in total. The zero-order valence-corrected chi connectivity index (χ0v) is 12.6. The maximum absolute atomic E-state index is 11.9. The van der Waals surface area contributed by atoms with Crippen LogP contribution in [0.5, 0.6) is 0 Å². The molecule has 0 bridgehead atoms. The van der Waals surface area contributed by atoms with Crippen molar-refractivity contribution in [3.63, 3.8) is 0 Å². The molecule has 0 atom stereocenters. The fraction of sp³-hybridized carbons (Fsp3) is 0.467. The first-order chi connectivity index (χ1) is 9.77. The Morgan fingerprint density at radius 3 is 2.57 bits per heavy atom. The lowest BCUT2D eigenvalue weighted by Crippen LogP contribution is -2.51. The highest BCUT2D eigenvalue weighted by Gasteiger charge is 2.26. The van der Waals surface area contributed by atoms with Gasteiger partial charge in [0.2, 0.25) is 0 Å². The van der Waals surface area contributed by atoms with E-state index in [9.17, 15) is 14.7 Å². The third kappa shape index (κ3) is 4.75. The number of aromatic carboxylic acids is 1. The van der Waals surface area contributed by atoms with Gasteiger partial charge in [0, 0.05) is 13.6 Å². The van der Waals surface area contributed by atoms with Gasteiger partial charge < -0.3 is 20.4 Å². The van der Waals surface area contributed by atoms with E-state index in [1.54, 1.807) is 33.0 Å². The second-order valence-corrected chi connectivity index (χ2v) is 5.52. The van der Waals surface area contributed by atoms with E-state index < -0.39 is 11.5 Å². The quantitative estimate of drug-likeness (QED) is 0.738. The largest absolute Gasteiger partial charge is 0.478 e. The highest BCUT2D eigenvalue weighted by Crippen LogP contribution is 2.11. The van der Waals surface area contributed by atoms with Gasteiger partial charge in [-0.05, 0) is 38.0 Å². The minimum Gasteiger partial charge on any atom is -0.478 e. The van der Waals surface area contributed by atoms with Gasteiger partial charge in [-0.1, -0.05) is 12.1 Å². The number of aliphatic hydroxyl groups excluding tert-OH is 1. The first-order valence-corrected chi connectivity index (χ1v) is 6.72. The first-order valence-electron chi connectivity index (χ1n) is 6.72. The third-order valence-electron chi connectivity index (χ3n) is 3.46. The molecule has 0 fully saturated rings. The molecule has 0 unspecified atom stereocenters. The SMILES string of the molecule is CN(C(=O)NCCc1cccc(C(=O)O)c1)C(C)(C)CO. The van der Waals surface area contributed by atoms with Crippen LogP contribution in [-0.4, -0.2) is 52.9 Å². The minimum atomic E-state index is -0.967. The number of aliphatic hydroxyl groups is 1. The van der Waals surface area contributed by atoms with E-state index in [-0.39, 0.29) is 18.2 Å². The molecule has 6 nitrogen and oxygen atoms in total. The Labute approximate surface area is 124 Å². The fourth-order valence-electron chi connectivity index (χ4n) is 1.67. The molecule has 0 aromatic heterocycles. The Hall–Kier alpha value is -2.08. The van der Waals surface area contributed by atoms with Crippen molar-refractivity contribution in [1.82, 2.24) is 10.2 Å². The van der Waals surface area contributed by atoms with Gasteiger partial charge in [-0.3, -0.25) is 0 Å². The van der Waals surface area contributed by atoms with Crippen molar-refractivity contribution in [2.45, 2.75) is 25.8 Å². The second kappa shape index (κ2) is 7.08. The number of carbonyl (C=O) groups is 2. The Kier molecular flexibility index (Phi) is 5.72. The Balaban J connectivity index is 2.52. The maximum Gasteiger partial charge on any atom is 0.335 e. The number of likely N-dealkylation sites (N-methyl/N-ethyl adjacent to an activating group) is 1. The lowest BCUT2D eigenvalue weighted by Gasteiger charge is -2.33. The molecule has 1 aromatic carbocycles. The third-order valence-corrected chi connectivity index (χ3v) is 3.46. The Morgan fingerprint density at radius 1 is 1.33 bits per heavy atom. The van der Waals surface area contributed by atoms with Gasteiger partial charge in [-0.2, -0.15) is 0 Å². The number of rotatable bonds is 6. The molecule has 0 aliphatic carbocycles. The van der Waals surface area contributed by atoms with Gasteiger partial charge in [0.05, 0.1) is 17.7 Å². The maximum atomic E-state index is 11.9. The smallest absolute Gasteiger partial charge is 0.335 e. The van der Waals surface area contributed by atoms with Crippen LogP contribution in [0.3, 0.4) is 0 Å². The van der Waals surface area contributed by atoms with Crippen molar-refractivity contribution in [3.8, 4) is 0 Å². The monoisotopic (exact) mass is 294 g/mol. The molecule has 1 rings (SSSR count). The summed E-state index contributed by atoms with van der Waals surface area (Å²) in [5, 5.41) is 20.9. The van der Waals surface area contributed by atoms with E-state index in [2.05, 4.69) is 5.32 Å². The average Bonchev–Trinajstić information content (AvgIpc) is 2.46. The van der Waals surface area contributed by atoms with Crippen molar-refractivity contribution in [1.29, 1.82) is 0 Å². The molecule has 6 heteroatoms. The molecule has 0 saturated heterocycles. The summed E-state index contributed by atoms with van der Waals surface area (Å²) in [6, 6.07) is 6.35. The molecule has 0 radical (unpaired) electrons. The van der Waals surface area contributed by atoms with E-state index in [1.165, 1.54) is 11.0 Å². The summed E-state index contributed by atoms with van der Waals surface area (Å²) in [5.41, 5.74) is 0.449. The summed E-state index contributed by atoms with van der Waals surface area (Å²) in [4.78, 5) is 24.2. The zero-order chi connectivity index (χ0) is 16.0. The van der Waals surface area contributed by atoms with Gasteiger partial charge in [0.1, 0.15) is 0 Å². The Bertz CT molecular complexity index is 514. The van der Waals surface area contributed by atoms with Gasteiger partial charge in [-0.25, -0.2) is 9.59 Å². The minimum absolute atomic E-state index is 0.127. The predicted molar refractivity (Wildman–Crippen MR) is 79.4 cm³/mol. The zero-order valence-electron chi connectivity index (χ0n) is 12.6. The Morgan fingerprint density at radius 2 is 2.00 bits per heavy atom. The standard InChI is InChI=1S/C15H22N2O4/c1-15(2,10-18)17(3)14(21)16-8-7-11-5-4-6-12(9-11)13(19)20/h4-6,9,18H,7-8,10H2,1-3H3,(H,16,21)(H,19,20). The first kappa shape index (κ1) is 17.0. The van der Waals surface area contributed by atoms with E-state index in [1.807, 2.05) is 6.07 Å². The summed E-state index contributed by atoms with van der Waals surface area (Å²) < 4.78 is 0. The molecule has 0 saturated carbocycles. The van der Waals surface area contributed by atoms with Gasteiger partial charge in [-0.15, -0.1) is 0 Å². The van der Waals surface area contributed by atoms with Gasteiger partial charge in [0.15, 0.2) is 0 Å². The molecular weight excluding hydrogens is 272 g/mol. The lowest BCUT2D eigenvalue weighted by atomic mass is 10.1. The van der Waals surface area contributed by atoms with Crippen LogP contribution in [0, 0.1) is 0 Å². The summed E-state index contributed by atoms with van der Waals surface area (Å²) in [5.74, 6) is -0.967. The molecule has 0 aliphatic heterocycles. The highest BCUT2D eigenvalue weighted by molar-refractivity contribution is 5.87. The lowest BCUT2D eigenvalue weighted by molar-refractivity contribution is 0.0696. The number of benzene rings is 1. The molecule has 21 heavy (non-hydrogen) atoms. The van der Waals surface area contributed by atoms with Crippen LogP contribution in [0.25, 0.3) is 0 Å². The van der Waals surface area contributed by atoms with Gasteiger partial charge in [0.25, 0.3) is 0 Å². The average molecular weight is 294 g/mol. The van der Waals surface area contributed by atoms with E-state index in [4.69, 9.17) is 5.11 Å². The van der Waals surface area contributed by atoms with Crippen LogP contribution >= 0.6 is 0 Å². The molecule has 0 spiro atoms. The number of carboxylic acids is 1. The number of urea groups is 1. The summed E-state index contributed by atoms with van der Waals surface area (Å²) in [6.45, 7) is 3.80. The second-order valence-electron chi connectivity index (χ2n) is 5.52. The van der Waals surface area contributed by atoms with Crippen molar-refractivity contribution < 1.29 is 19.8 Å². The molecule has 116 valence electrons. The summed E-state index contributed by atoms with van der Waals surface area (Å²) in [7, 11) is 1.62. The van der Waals surface area contributed by atoms with Crippen molar-refractivity contribution in [3.05, 3.63) is 35.4 Å². The van der Waals surface area contributed by atoms with Crippen molar-refractivity contribution in [2.24, 2.45) is 0 Å². The number of amides is 2. The van der Waals surface area contributed by atoms with Crippen LogP contribution in [0.1, 0.15) is 29.8 Å². The molecule has 0 aliphatic rings. The molecule has 1 aromatic rings. The van der Waals surface area contributed by atoms with E-state index in [0.717, 1.165) is 5.56 Å². The van der Waals surface area contributed by atoms with Crippen LogP contribution in [0.4, 0.5) is 4.79 Å². The number of hydrogen-bond acceptors (Lipinski definition) is 3. The normalized spacial score (nSPS) is 11.0. The molecular formula is C15H22N2O4. The number of nitrogens with zero attached hydrogens (tertiary/aromatic N) is 1. The van der Waals surface area contributed by atoms with E-state index >= 15 is 0 Å². The van der Waals surface area contributed by atoms with Crippen molar-refractivity contribution in [2.75, 3.05) is 20.2 Å². The van der Waals surface area contributed by atoms with Crippen LogP contribution in [0.2, 0.25) is 0 Å². The molecule has 2 amide bonds. The fourth-order valence-corrected chi connectivity index (χ4v) is 1.67. The van der Waals surface area contributed by atoms with Crippen LogP contribution < -0.4 is 5.32 Å². The number of carboxylic acid groups (broad SMARTS) is 1. The van der Waals surface area contributed by atoms with Crippen molar-refractivity contribution >= 4 is 12.0 Å². The summed E-state index contributed by atoms with van der Waals surface area (Å²) in [6.07, 6.45) is 0.542. The topological polar surface area (TPSA) is 89.9 Å². The van der Waals surface area contributed by atoms with Gasteiger partial charge >= 0.3 is 12.0 Å². The highest BCUT2D eigenvalue weighted by atomic mass is 16.4. The summed E-state index contributed by atoms with van der Waals surface area (Å²) >= 11 is 0. The predicted octanol–water partition coefficient (Wildman–Crippen LogP) is 1.34. The number of hydrogen-bond donors (Lipinski definition) is 3. The number of nitrogens with one attached hydrogen (secondary N) is 1.